The van der Waals surface area contributed by atoms with E-state index in [1.165, 1.54) is 6.33 Å². The van der Waals surface area contributed by atoms with E-state index < -0.39 is 0 Å². The number of nitrogens with zero attached hydrogens (tertiary/aromatic N) is 3. The van der Waals surface area contributed by atoms with Gasteiger partial charge in [0.15, 0.2) is 0 Å². The van der Waals surface area contributed by atoms with Crippen molar-refractivity contribution in [2.24, 2.45) is 0 Å². The zero-order valence-corrected chi connectivity index (χ0v) is 12.7. The van der Waals surface area contributed by atoms with Crippen molar-refractivity contribution in [2.75, 3.05) is 11.6 Å². The molecule has 1 N–H and O–H groups in total. The summed E-state index contributed by atoms with van der Waals surface area (Å²) in [5.74, 6) is -0.136. The average molecular weight is 310 g/mol. The summed E-state index contributed by atoms with van der Waals surface area (Å²) in [5.41, 5.74) is 2.24. The summed E-state index contributed by atoms with van der Waals surface area (Å²) in [7, 11) is 0. The van der Waals surface area contributed by atoms with Gasteiger partial charge in [-0.3, -0.25) is 4.79 Å². The molecule has 0 unspecified atom stereocenters. The lowest BCUT2D eigenvalue weighted by Crippen LogP contribution is -2.12. The SMILES string of the molecule is CSc1cccc(NC(=O)c2ccc(-n3cncn3)cc2)c1. The Balaban J connectivity index is 1.74. The van der Waals surface area contributed by atoms with Crippen LogP contribution in [0, 0.1) is 0 Å². The van der Waals surface area contributed by atoms with Gasteiger partial charge < -0.3 is 5.32 Å². The van der Waals surface area contributed by atoms with E-state index in [9.17, 15) is 4.79 Å². The monoisotopic (exact) mass is 310 g/mol. The molecule has 0 radical (unpaired) electrons. The van der Waals surface area contributed by atoms with Crippen LogP contribution in [0.15, 0.2) is 66.1 Å². The maximum atomic E-state index is 12.3. The molecule has 2 aromatic carbocycles. The molecular weight excluding hydrogens is 296 g/mol. The number of hydrogen-bond donors (Lipinski definition) is 1. The fourth-order valence-electron chi connectivity index (χ4n) is 2.01. The summed E-state index contributed by atoms with van der Waals surface area (Å²) in [5, 5.41) is 6.95. The number of anilines is 1. The van der Waals surface area contributed by atoms with E-state index in [1.54, 1.807) is 34.9 Å². The van der Waals surface area contributed by atoms with Crippen LogP contribution in [0.4, 0.5) is 5.69 Å². The van der Waals surface area contributed by atoms with Crippen molar-refractivity contribution < 1.29 is 4.79 Å². The van der Waals surface area contributed by atoms with E-state index >= 15 is 0 Å². The molecule has 110 valence electrons. The third-order valence-electron chi connectivity index (χ3n) is 3.14. The molecule has 6 heteroatoms. The Bertz CT molecular complexity index is 769. The number of benzene rings is 2. The van der Waals surface area contributed by atoms with E-state index in [2.05, 4.69) is 15.4 Å². The van der Waals surface area contributed by atoms with E-state index in [-0.39, 0.29) is 5.91 Å². The van der Waals surface area contributed by atoms with Crippen LogP contribution in [-0.2, 0) is 0 Å². The largest absolute Gasteiger partial charge is 0.322 e. The molecule has 0 bridgehead atoms. The molecule has 3 aromatic rings. The first-order chi connectivity index (χ1) is 10.8. The van der Waals surface area contributed by atoms with E-state index in [1.807, 2.05) is 42.7 Å². The van der Waals surface area contributed by atoms with Gasteiger partial charge in [0.1, 0.15) is 12.7 Å². The molecule has 0 fully saturated rings. The van der Waals surface area contributed by atoms with Gasteiger partial charge in [0.25, 0.3) is 5.91 Å². The lowest BCUT2D eigenvalue weighted by Gasteiger charge is -2.07. The molecule has 0 aliphatic heterocycles. The topological polar surface area (TPSA) is 59.8 Å². The molecule has 1 aromatic heterocycles. The lowest BCUT2D eigenvalue weighted by molar-refractivity contribution is 0.102. The van der Waals surface area contributed by atoms with Crippen LogP contribution in [0.25, 0.3) is 5.69 Å². The van der Waals surface area contributed by atoms with Crippen LogP contribution in [0.1, 0.15) is 10.4 Å². The van der Waals surface area contributed by atoms with Crippen molar-refractivity contribution in [3.05, 3.63) is 66.7 Å². The van der Waals surface area contributed by atoms with Gasteiger partial charge in [-0.05, 0) is 48.7 Å². The molecular formula is C16H14N4OS. The van der Waals surface area contributed by atoms with Gasteiger partial charge in [-0.15, -0.1) is 11.8 Å². The molecule has 0 saturated heterocycles. The maximum Gasteiger partial charge on any atom is 0.255 e. The molecule has 0 saturated carbocycles. The molecule has 3 rings (SSSR count). The smallest absolute Gasteiger partial charge is 0.255 e. The second-order valence-corrected chi connectivity index (χ2v) is 5.45. The highest BCUT2D eigenvalue weighted by atomic mass is 32.2. The summed E-state index contributed by atoms with van der Waals surface area (Å²) < 4.78 is 1.64. The van der Waals surface area contributed by atoms with E-state index in [0.717, 1.165) is 16.3 Å². The van der Waals surface area contributed by atoms with Crippen molar-refractivity contribution in [1.82, 2.24) is 14.8 Å². The fourth-order valence-corrected chi connectivity index (χ4v) is 2.47. The maximum absolute atomic E-state index is 12.3. The third-order valence-corrected chi connectivity index (χ3v) is 3.87. The van der Waals surface area contributed by atoms with Gasteiger partial charge in [-0.25, -0.2) is 9.67 Å². The summed E-state index contributed by atoms with van der Waals surface area (Å²) >= 11 is 1.64. The van der Waals surface area contributed by atoms with Gasteiger partial charge >= 0.3 is 0 Å². The zero-order valence-electron chi connectivity index (χ0n) is 11.9. The first kappa shape index (κ1) is 14.3. The van der Waals surface area contributed by atoms with Crippen LogP contribution >= 0.6 is 11.8 Å². The number of rotatable bonds is 4. The number of amides is 1. The second-order valence-electron chi connectivity index (χ2n) is 4.57. The van der Waals surface area contributed by atoms with Crippen molar-refractivity contribution >= 4 is 23.4 Å². The van der Waals surface area contributed by atoms with Gasteiger partial charge in [0, 0.05) is 16.1 Å². The predicted octanol–water partition coefficient (Wildman–Crippen LogP) is 3.24. The minimum absolute atomic E-state index is 0.136. The van der Waals surface area contributed by atoms with Crippen molar-refractivity contribution in [3.63, 3.8) is 0 Å². The van der Waals surface area contributed by atoms with Gasteiger partial charge in [0.2, 0.25) is 0 Å². The number of hydrogen-bond acceptors (Lipinski definition) is 4. The highest BCUT2D eigenvalue weighted by molar-refractivity contribution is 7.98. The minimum Gasteiger partial charge on any atom is -0.322 e. The molecule has 0 aliphatic rings. The highest BCUT2D eigenvalue weighted by Crippen LogP contribution is 2.19. The van der Waals surface area contributed by atoms with E-state index in [4.69, 9.17) is 0 Å². The van der Waals surface area contributed by atoms with Gasteiger partial charge in [-0.1, -0.05) is 6.07 Å². The number of carbonyl (C=O) groups excluding carboxylic acids is 1. The van der Waals surface area contributed by atoms with Crippen molar-refractivity contribution in [1.29, 1.82) is 0 Å². The lowest BCUT2D eigenvalue weighted by atomic mass is 10.2. The van der Waals surface area contributed by atoms with E-state index in [0.29, 0.717) is 5.56 Å². The fraction of sp³-hybridized carbons (Fsp3) is 0.0625. The molecule has 1 heterocycles. The quantitative estimate of drug-likeness (QED) is 0.752. The zero-order chi connectivity index (χ0) is 15.4. The molecule has 0 atom stereocenters. The Hall–Kier alpha value is -2.60. The molecule has 5 nitrogen and oxygen atoms in total. The standard InChI is InChI=1S/C16H14N4OS/c1-22-15-4-2-3-13(9-15)19-16(21)12-5-7-14(8-6-12)20-11-17-10-18-20/h2-11H,1H3,(H,19,21). The molecule has 1 amide bonds. The van der Waals surface area contributed by atoms with Crippen LogP contribution in [0.3, 0.4) is 0 Å². The second kappa shape index (κ2) is 6.44. The van der Waals surface area contributed by atoms with Crippen LogP contribution < -0.4 is 5.32 Å². The Morgan fingerprint density at radius 3 is 2.68 bits per heavy atom. The summed E-state index contributed by atoms with van der Waals surface area (Å²) in [6.07, 6.45) is 5.09. The summed E-state index contributed by atoms with van der Waals surface area (Å²) in [6.45, 7) is 0. The first-order valence-electron chi connectivity index (χ1n) is 6.67. The van der Waals surface area contributed by atoms with Crippen molar-refractivity contribution in [2.45, 2.75) is 4.90 Å². The highest BCUT2D eigenvalue weighted by Gasteiger charge is 2.07. The van der Waals surface area contributed by atoms with Crippen LogP contribution in [0.5, 0.6) is 0 Å². The first-order valence-corrected chi connectivity index (χ1v) is 7.89. The Kier molecular flexibility index (Phi) is 4.20. The number of aromatic nitrogens is 3. The summed E-state index contributed by atoms with van der Waals surface area (Å²) in [6, 6.07) is 15.0. The van der Waals surface area contributed by atoms with Crippen molar-refractivity contribution in [3.8, 4) is 5.69 Å². The Labute approximate surface area is 132 Å². The normalized spacial score (nSPS) is 10.4. The van der Waals surface area contributed by atoms with Crippen LogP contribution in [0.2, 0.25) is 0 Å². The average Bonchev–Trinajstić information content (AvgIpc) is 3.09. The minimum atomic E-state index is -0.136. The number of thioether (sulfide) groups is 1. The third kappa shape index (κ3) is 3.17. The van der Waals surface area contributed by atoms with Gasteiger partial charge in [0.05, 0.1) is 5.69 Å². The molecule has 22 heavy (non-hydrogen) atoms. The van der Waals surface area contributed by atoms with Gasteiger partial charge in [-0.2, -0.15) is 5.10 Å². The number of nitrogens with one attached hydrogen (secondary N) is 1. The summed E-state index contributed by atoms with van der Waals surface area (Å²) in [4.78, 5) is 17.3. The Morgan fingerprint density at radius 1 is 1.18 bits per heavy atom. The number of carbonyl (C=O) groups is 1. The van der Waals surface area contributed by atoms with Crippen LogP contribution in [-0.4, -0.2) is 26.9 Å². The molecule has 0 spiro atoms. The Morgan fingerprint density at radius 2 is 2.00 bits per heavy atom. The molecule has 0 aliphatic carbocycles. The predicted molar refractivity (Wildman–Crippen MR) is 87.5 cm³/mol.